The molecule has 88 valence electrons. The van der Waals surface area contributed by atoms with Gasteiger partial charge in [-0.2, -0.15) is 4.39 Å². The van der Waals surface area contributed by atoms with E-state index in [4.69, 9.17) is 0 Å². The Morgan fingerprint density at radius 2 is 1.94 bits per heavy atom. The quantitative estimate of drug-likeness (QED) is 0.741. The molecule has 1 fully saturated rings. The van der Waals surface area contributed by atoms with Gasteiger partial charge in [-0.15, -0.1) is 0 Å². The highest BCUT2D eigenvalue weighted by Crippen LogP contribution is 2.37. The maximum Gasteiger partial charge on any atom is 0.331 e. The van der Waals surface area contributed by atoms with E-state index >= 15 is 0 Å². The van der Waals surface area contributed by atoms with Crippen molar-refractivity contribution in [1.82, 2.24) is 9.55 Å². The van der Waals surface area contributed by atoms with Crippen LogP contribution in [0, 0.1) is 5.82 Å². The summed E-state index contributed by atoms with van der Waals surface area (Å²) in [5, 5.41) is 9.55. The fourth-order valence-corrected chi connectivity index (χ4v) is 2.36. The first-order valence-corrected chi connectivity index (χ1v) is 5.20. The molecule has 0 aliphatic heterocycles. The van der Waals surface area contributed by atoms with Crippen molar-refractivity contribution in [3.8, 4) is 5.88 Å². The van der Waals surface area contributed by atoms with Gasteiger partial charge >= 0.3 is 5.69 Å². The molecule has 0 spiro atoms. The van der Waals surface area contributed by atoms with E-state index in [9.17, 15) is 19.1 Å². The summed E-state index contributed by atoms with van der Waals surface area (Å²) in [5.41, 5.74) is -2.54. The second kappa shape index (κ2) is 3.47. The van der Waals surface area contributed by atoms with Crippen molar-refractivity contribution in [2.24, 2.45) is 0 Å². The average molecular weight is 228 g/mol. The monoisotopic (exact) mass is 228 g/mol. The molecule has 2 N–H and O–H groups in total. The Morgan fingerprint density at radius 1 is 1.38 bits per heavy atom. The van der Waals surface area contributed by atoms with Crippen molar-refractivity contribution < 1.29 is 9.50 Å². The Labute approximate surface area is 90.5 Å². The molecule has 1 aromatic heterocycles. The molecule has 0 unspecified atom stereocenters. The summed E-state index contributed by atoms with van der Waals surface area (Å²) in [6.07, 6.45) is 3.21. The van der Waals surface area contributed by atoms with E-state index in [1.807, 2.05) is 4.98 Å². The number of hydrogen-bond donors (Lipinski definition) is 2. The number of halogens is 1. The summed E-state index contributed by atoms with van der Waals surface area (Å²) in [5.74, 6) is -2.16. The third-order valence-corrected chi connectivity index (χ3v) is 3.25. The average Bonchev–Trinajstić information content (AvgIpc) is 2.62. The molecule has 0 amide bonds. The number of aromatic nitrogens is 2. The van der Waals surface area contributed by atoms with Crippen LogP contribution in [0.25, 0.3) is 0 Å². The zero-order valence-corrected chi connectivity index (χ0v) is 8.92. The molecule has 0 saturated heterocycles. The Hall–Kier alpha value is -1.59. The van der Waals surface area contributed by atoms with Crippen LogP contribution in [0.1, 0.15) is 32.6 Å². The van der Waals surface area contributed by atoms with Gasteiger partial charge in [0.1, 0.15) is 0 Å². The highest BCUT2D eigenvalue weighted by atomic mass is 19.1. The predicted molar refractivity (Wildman–Crippen MR) is 55.1 cm³/mol. The third-order valence-electron chi connectivity index (χ3n) is 3.25. The molecular weight excluding hydrogens is 215 g/mol. The highest BCUT2D eigenvalue weighted by molar-refractivity contribution is 5.13. The summed E-state index contributed by atoms with van der Waals surface area (Å²) >= 11 is 0. The zero-order valence-electron chi connectivity index (χ0n) is 8.92. The molecular formula is C10H13FN2O3. The van der Waals surface area contributed by atoms with Crippen LogP contribution in [0.5, 0.6) is 5.88 Å². The smallest absolute Gasteiger partial charge is 0.331 e. The number of aromatic amines is 1. The Bertz CT molecular complexity index is 526. The number of rotatable bonds is 1. The molecule has 0 bridgehead atoms. The minimum absolute atomic E-state index is 0.605. The molecule has 0 aromatic carbocycles. The number of nitrogens with zero attached hydrogens (tertiary/aromatic N) is 1. The minimum atomic E-state index is -1.30. The molecule has 1 heterocycles. The van der Waals surface area contributed by atoms with Crippen LogP contribution in [0.15, 0.2) is 9.59 Å². The minimum Gasteiger partial charge on any atom is -0.492 e. The van der Waals surface area contributed by atoms with Crippen molar-refractivity contribution in [2.45, 2.75) is 38.1 Å². The van der Waals surface area contributed by atoms with E-state index in [0.29, 0.717) is 12.8 Å². The van der Waals surface area contributed by atoms with Crippen molar-refractivity contribution in [3.05, 3.63) is 26.7 Å². The van der Waals surface area contributed by atoms with Crippen LogP contribution in [-0.4, -0.2) is 14.7 Å². The van der Waals surface area contributed by atoms with Gasteiger partial charge in [0.2, 0.25) is 11.7 Å². The summed E-state index contributed by atoms with van der Waals surface area (Å²) in [7, 11) is 0. The van der Waals surface area contributed by atoms with E-state index in [2.05, 4.69) is 0 Å². The van der Waals surface area contributed by atoms with Crippen LogP contribution in [-0.2, 0) is 5.54 Å². The normalized spacial score (nSPS) is 18.9. The molecule has 1 aliphatic carbocycles. The summed E-state index contributed by atoms with van der Waals surface area (Å²) in [6, 6.07) is 0. The van der Waals surface area contributed by atoms with Gasteiger partial charge in [0, 0.05) is 5.54 Å². The van der Waals surface area contributed by atoms with Crippen LogP contribution >= 0.6 is 0 Å². The molecule has 1 aliphatic rings. The van der Waals surface area contributed by atoms with Gasteiger partial charge in [-0.1, -0.05) is 12.8 Å². The fraction of sp³-hybridized carbons (Fsp3) is 0.600. The van der Waals surface area contributed by atoms with Crippen molar-refractivity contribution in [2.75, 3.05) is 0 Å². The van der Waals surface area contributed by atoms with E-state index in [1.54, 1.807) is 6.92 Å². The van der Waals surface area contributed by atoms with Gasteiger partial charge < -0.3 is 5.11 Å². The van der Waals surface area contributed by atoms with Crippen LogP contribution < -0.4 is 11.2 Å². The second-order valence-corrected chi connectivity index (χ2v) is 4.44. The number of aromatic hydroxyl groups is 1. The molecule has 0 radical (unpaired) electrons. The molecule has 16 heavy (non-hydrogen) atoms. The summed E-state index contributed by atoms with van der Waals surface area (Å²) < 4.78 is 14.2. The lowest BCUT2D eigenvalue weighted by Gasteiger charge is -2.26. The van der Waals surface area contributed by atoms with Crippen molar-refractivity contribution >= 4 is 0 Å². The highest BCUT2D eigenvalue weighted by Gasteiger charge is 2.34. The van der Waals surface area contributed by atoms with Crippen molar-refractivity contribution in [1.29, 1.82) is 0 Å². The maximum absolute atomic E-state index is 13.2. The second-order valence-electron chi connectivity index (χ2n) is 4.44. The van der Waals surface area contributed by atoms with Gasteiger partial charge in [-0.25, -0.2) is 4.79 Å². The van der Waals surface area contributed by atoms with Gasteiger partial charge in [0.05, 0.1) is 0 Å². The lowest BCUT2D eigenvalue weighted by atomic mass is 10.0. The molecule has 5 nitrogen and oxygen atoms in total. The van der Waals surface area contributed by atoms with E-state index in [-0.39, 0.29) is 0 Å². The fourth-order valence-electron chi connectivity index (χ4n) is 2.36. The van der Waals surface area contributed by atoms with Crippen molar-refractivity contribution in [3.63, 3.8) is 0 Å². The first kappa shape index (κ1) is 10.9. The SMILES string of the molecule is CC1(n2c(O)c(F)c(=O)[nH]c2=O)CCCC1. The molecule has 1 aromatic rings. The van der Waals surface area contributed by atoms with E-state index < -0.39 is 28.5 Å². The number of H-pyrrole nitrogens is 1. The predicted octanol–water partition coefficient (Wildman–Crippen LogP) is 0.670. The standard InChI is InChI=1S/C10H13FN2O3/c1-10(4-2-3-5-10)13-8(15)6(11)7(14)12-9(13)16/h15H,2-5H2,1H3,(H,12,14,16). The first-order valence-electron chi connectivity index (χ1n) is 5.20. The van der Waals surface area contributed by atoms with Crippen LogP contribution in [0.4, 0.5) is 4.39 Å². The number of nitrogens with one attached hydrogen (secondary N) is 1. The molecule has 0 atom stereocenters. The Balaban J connectivity index is 2.70. The topological polar surface area (TPSA) is 75.1 Å². The Morgan fingerprint density at radius 3 is 2.50 bits per heavy atom. The Kier molecular flexibility index (Phi) is 2.36. The molecule has 2 rings (SSSR count). The lowest BCUT2D eigenvalue weighted by molar-refractivity contribution is 0.252. The van der Waals surface area contributed by atoms with Gasteiger partial charge in [-0.05, 0) is 19.8 Å². The molecule has 1 saturated carbocycles. The van der Waals surface area contributed by atoms with Crippen LogP contribution in [0.3, 0.4) is 0 Å². The zero-order chi connectivity index (χ0) is 11.9. The van der Waals surface area contributed by atoms with E-state index in [1.165, 1.54) is 0 Å². The van der Waals surface area contributed by atoms with E-state index in [0.717, 1.165) is 17.4 Å². The van der Waals surface area contributed by atoms with Crippen LogP contribution in [0.2, 0.25) is 0 Å². The maximum atomic E-state index is 13.2. The molecule has 6 heteroatoms. The third kappa shape index (κ3) is 1.45. The van der Waals surface area contributed by atoms with Gasteiger partial charge in [-0.3, -0.25) is 14.3 Å². The largest absolute Gasteiger partial charge is 0.492 e. The lowest BCUT2D eigenvalue weighted by Crippen LogP contribution is -2.41. The first-order chi connectivity index (χ1) is 7.46. The number of hydrogen-bond acceptors (Lipinski definition) is 3. The van der Waals surface area contributed by atoms with Gasteiger partial charge in [0.25, 0.3) is 5.56 Å². The van der Waals surface area contributed by atoms with Gasteiger partial charge in [0.15, 0.2) is 0 Å². The summed E-state index contributed by atoms with van der Waals surface area (Å²) in [4.78, 5) is 24.4. The summed E-state index contributed by atoms with van der Waals surface area (Å²) in [6.45, 7) is 1.78.